The summed E-state index contributed by atoms with van der Waals surface area (Å²) in [5.74, 6) is 2.46. The predicted molar refractivity (Wildman–Crippen MR) is 114 cm³/mol. The van der Waals surface area contributed by atoms with Gasteiger partial charge in [0.2, 0.25) is 0 Å². The van der Waals surface area contributed by atoms with E-state index in [0.29, 0.717) is 6.54 Å². The Morgan fingerprint density at radius 3 is 2.43 bits per heavy atom. The molecule has 7 nitrogen and oxygen atoms in total. The molecule has 1 aliphatic rings. The molecular weight excluding hydrogens is 356 g/mol. The van der Waals surface area contributed by atoms with E-state index in [2.05, 4.69) is 36.3 Å². The number of methoxy groups -OCH3 is 1. The smallest absolute Gasteiger partial charge is 0.191 e. The van der Waals surface area contributed by atoms with Crippen molar-refractivity contribution in [2.24, 2.45) is 4.99 Å². The van der Waals surface area contributed by atoms with Crippen LogP contribution in [0, 0.1) is 0 Å². The maximum absolute atomic E-state index is 5.96. The van der Waals surface area contributed by atoms with Gasteiger partial charge < -0.3 is 24.8 Å². The minimum absolute atomic E-state index is 0.00264. The molecule has 0 bridgehead atoms. The fraction of sp³-hybridized carbons (Fsp3) is 0.667. The summed E-state index contributed by atoms with van der Waals surface area (Å²) in [4.78, 5) is 7.25. The van der Waals surface area contributed by atoms with Crippen LogP contribution in [0.15, 0.2) is 29.3 Å². The van der Waals surface area contributed by atoms with Gasteiger partial charge in [0.1, 0.15) is 17.6 Å². The van der Waals surface area contributed by atoms with Crippen LogP contribution in [0.25, 0.3) is 0 Å². The molecule has 1 aromatic carbocycles. The zero-order valence-electron chi connectivity index (χ0n) is 18.0. The average Bonchev–Trinajstić information content (AvgIpc) is 2.71. The first-order valence-electron chi connectivity index (χ1n) is 10.1. The molecule has 0 aliphatic carbocycles. The number of hydrogen-bond acceptors (Lipinski definition) is 5. The number of benzene rings is 1. The Morgan fingerprint density at radius 1 is 1.18 bits per heavy atom. The predicted octanol–water partition coefficient (Wildman–Crippen LogP) is 2.13. The van der Waals surface area contributed by atoms with Crippen LogP contribution < -0.4 is 20.1 Å². The van der Waals surface area contributed by atoms with Gasteiger partial charge in [0.15, 0.2) is 5.96 Å². The number of nitrogens with zero attached hydrogens (tertiary/aromatic N) is 2. The molecule has 1 heterocycles. The maximum Gasteiger partial charge on any atom is 0.191 e. The molecule has 2 rings (SSSR count). The fourth-order valence-corrected chi connectivity index (χ4v) is 3.05. The fourth-order valence-electron chi connectivity index (χ4n) is 3.05. The summed E-state index contributed by atoms with van der Waals surface area (Å²) in [5.41, 5.74) is -0.00264. The third-order valence-corrected chi connectivity index (χ3v) is 4.79. The van der Waals surface area contributed by atoms with Gasteiger partial charge in [0.25, 0.3) is 0 Å². The van der Waals surface area contributed by atoms with Gasteiger partial charge in [-0.15, -0.1) is 0 Å². The van der Waals surface area contributed by atoms with E-state index in [0.717, 1.165) is 56.9 Å². The Morgan fingerprint density at radius 2 is 1.82 bits per heavy atom. The lowest BCUT2D eigenvalue weighted by molar-refractivity contribution is -0.00684. The summed E-state index contributed by atoms with van der Waals surface area (Å²) in [5, 5.41) is 6.70. The molecule has 28 heavy (non-hydrogen) atoms. The molecule has 0 saturated carbocycles. The van der Waals surface area contributed by atoms with Crippen LogP contribution in [0.1, 0.15) is 27.7 Å². The number of morpholine rings is 1. The van der Waals surface area contributed by atoms with E-state index < -0.39 is 0 Å². The second-order valence-electron chi connectivity index (χ2n) is 7.59. The van der Waals surface area contributed by atoms with Gasteiger partial charge in [-0.05, 0) is 52.0 Å². The number of rotatable bonds is 9. The standard InChI is InChI=1S/C21H36N4O3/c1-6-22-20(24-16-21(3,4)25-11-13-27-14-12-25)23-15-17(2)28-19-9-7-18(26-5)8-10-19/h7-10,17H,6,11-16H2,1-5H3,(H2,22,23,24). The zero-order valence-corrected chi connectivity index (χ0v) is 18.0. The van der Waals surface area contributed by atoms with Gasteiger partial charge in [-0.1, -0.05) is 0 Å². The summed E-state index contributed by atoms with van der Waals surface area (Å²) >= 11 is 0. The first-order valence-corrected chi connectivity index (χ1v) is 10.1. The molecule has 1 unspecified atom stereocenters. The molecule has 7 heteroatoms. The Kier molecular flexibility index (Phi) is 8.86. The van der Waals surface area contributed by atoms with Crippen molar-refractivity contribution >= 4 is 5.96 Å². The summed E-state index contributed by atoms with van der Waals surface area (Å²) in [6.07, 6.45) is 0.00417. The van der Waals surface area contributed by atoms with Crippen LogP contribution in [0.2, 0.25) is 0 Å². The zero-order chi connectivity index (χ0) is 20.4. The van der Waals surface area contributed by atoms with E-state index in [4.69, 9.17) is 19.2 Å². The lowest BCUT2D eigenvalue weighted by Crippen LogP contribution is -2.52. The van der Waals surface area contributed by atoms with Gasteiger partial charge >= 0.3 is 0 Å². The lowest BCUT2D eigenvalue weighted by Gasteiger charge is -2.39. The molecule has 1 aromatic rings. The summed E-state index contributed by atoms with van der Waals surface area (Å²) in [7, 11) is 1.66. The molecule has 0 radical (unpaired) electrons. The highest BCUT2D eigenvalue weighted by Crippen LogP contribution is 2.18. The van der Waals surface area contributed by atoms with E-state index in [9.17, 15) is 0 Å². The van der Waals surface area contributed by atoms with Gasteiger partial charge in [0, 0.05) is 25.2 Å². The molecule has 0 spiro atoms. The van der Waals surface area contributed by atoms with Crippen molar-refractivity contribution in [3.05, 3.63) is 24.3 Å². The van der Waals surface area contributed by atoms with Crippen LogP contribution in [0.4, 0.5) is 0 Å². The van der Waals surface area contributed by atoms with Gasteiger partial charge in [-0.25, -0.2) is 0 Å². The van der Waals surface area contributed by atoms with Gasteiger partial charge in [0.05, 0.1) is 33.4 Å². The number of hydrogen-bond donors (Lipinski definition) is 2. The quantitative estimate of drug-likeness (QED) is 0.496. The van der Waals surface area contributed by atoms with Crippen molar-refractivity contribution < 1.29 is 14.2 Å². The SMILES string of the molecule is CCNC(=NCC(C)(C)N1CCOCC1)NCC(C)Oc1ccc(OC)cc1. The maximum atomic E-state index is 5.96. The molecule has 0 aromatic heterocycles. The van der Waals surface area contributed by atoms with Crippen molar-refractivity contribution in [1.29, 1.82) is 0 Å². The van der Waals surface area contributed by atoms with Gasteiger partial charge in [-0.3, -0.25) is 9.89 Å². The average molecular weight is 393 g/mol. The van der Waals surface area contributed by atoms with Crippen LogP contribution in [-0.2, 0) is 4.74 Å². The highest BCUT2D eigenvalue weighted by Gasteiger charge is 2.28. The topological polar surface area (TPSA) is 67.4 Å². The number of nitrogens with one attached hydrogen (secondary N) is 2. The minimum Gasteiger partial charge on any atom is -0.497 e. The van der Waals surface area contributed by atoms with Crippen molar-refractivity contribution in [1.82, 2.24) is 15.5 Å². The van der Waals surface area contributed by atoms with Crippen LogP contribution in [0.3, 0.4) is 0 Å². The van der Waals surface area contributed by atoms with E-state index in [1.165, 1.54) is 0 Å². The van der Waals surface area contributed by atoms with Crippen molar-refractivity contribution in [3.8, 4) is 11.5 Å². The van der Waals surface area contributed by atoms with E-state index in [1.807, 2.05) is 31.2 Å². The lowest BCUT2D eigenvalue weighted by atomic mass is 10.0. The highest BCUT2D eigenvalue weighted by molar-refractivity contribution is 5.79. The molecule has 1 atom stereocenters. The summed E-state index contributed by atoms with van der Waals surface area (Å²) < 4.78 is 16.6. The van der Waals surface area contributed by atoms with Crippen LogP contribution >= 0.6 is 0 Å². The normalized spacial score (nSPS) is 17.1. The second-order valence-corrected chi connectivity index (χ2v) is 7.59. The Labute approximate surface area is 169 Å². The molecule has 1 fully saturated rings. The third-order valence-electron chi connectivity index (χ3n) is 4.79. The van der Waals surface area contributed by atoms with Crippen molar-refractivity contribution in [2.45, 2.75) is 39.3 Å². The van der Waals surface area contributed by atoms with Crippen molar-refractivity contribution in [3.63, 3.8) is 0 Å². The summed E-state index contributed by atoms with van der Waals surface area (Å²) in [6.45, 7) is 14.3. The van der Waals surface area contributed by atoms with E-state index >= 15 is 0 Å². The Balaban J connectivity index is 1.85. The molecular formula is C21H36N4O3. The second kappa shape index (κ2) is 11.1. The van der Waals surface area contributed by atoms with E-state index in [-0.39, 0.29) is 11.6 Å². The first kappa shape index (κ1) is 22.3. The summed E-state index contributed by atoms with van der Waals surface area (Å²) in [6, 6.07) is 7.63. The van der Waals surface area contributed by atoms with Crippen LogP contribution in [0.5, 0.6) is 11.5 Å². The number of guanidine groups is 1. The molecule has 1 saturated heterocycles. The molecule has 2 N–H and O–H groups in total. The molecule has 1 aliphatic heterocycles. The Bertz CT molecular complexity index is 598. The molecule has 158 valence electrons. The molecule has 0 amide bonds. The minimum atomic E-state index is -0.00264. The highest BCUT2D eigenvalue weighted by atomic mass is 16.5. The van der Waals surface area contributed by atoms with E-state index in [1.54, 1.807) is 7.11 Å². The first-order chi connectivity index (χ1) is 13.4. The monoisotopic (exact) mass is 392 g/mol. The Hall–Kier alpha value is -1.99. The number of aliphatic imine (C=N–C) groups is 1. The van der Waals surface area contributed by atoms with Crippen LogP contribution in [-0.4, -0.2) is 75.5 Å². The van der Waals surface area contributed by atoms with Gasteiger partial charge in [-0.2, -0.15) is 0 Å². The van der Waals surface area contributed by atoms with Crippen molar-refractivity contribution in [2.75, 3.05) is 53.0 Å². The third kappa shape index (κ3) is 7.20. The number of ether oxygens (including phenoxy) is 3. The largest absolute Gasteiger partial charge is 0.497 e.